The fourth-order valence-corrected chi connectivity index (χ4v) is 7.75. The smallest absolute Gasteiger partial charge is 0.353 e. The molecule has 0 saturated carbocycles. The Morgan fingerprint density at radius 3 is 2.43 bits per heavy atom. The van der Waals surface area contributed by atoms with E-state index < -0.39 is 29.3 Å². The molecule has 228 valence electrons. The van der Waals surface area contributed by atoms with Gasteiger partial charge >= 0.3 is 23.2 Å². The Balaban J connectivity index is 1.52. The van der Waals surface area contributed by atoms with Crippen molar-refractivity contribution in [2.45, 2.75) is 49.6 Å². The van der Waals surface area contributed by atoms with Crippen LogP contribution in [0.2, 0.25) is 0 Å². The van der Waals surface area contributed by atoms with Crippen LogP contribution in [0, 0.1) is 5.82 Å². The molecule has 5 aromatic rings. The third-order valence-corrected chi connectivity index (χ3v) is 9.42. The number of benzene rings is 2. The highest BCUT2D eigenvalue weighted by atomic mass is 32.2. The summed E-state index contributed by atoms with van der Waals surface area (Å²) < 4.78 is 62.9. The molecule has 0 radical (unpaired) electrons. The van der Waals surface area contributed by atoms with Crippen molar-refractivity contribution in [3.63, 3.8) is 0 Å². The summed E-state index contributed by atoms with van der Waals surface area (Å²) in [7, 11) is 0. The van der Waals surface area contributed by atoms with Crippen molar-refractivity contribution >= 4 is 34.1 Å². The number of pyridine rings is 1. The summed E-state index contributed by atoms with van der Waals surface area (Å²) in [4.78, 5) is 33.7. The normalized spacial score (nSPS) is 20.8. The van der Waals surface area contributed by atoms with E-state index in [1.165, 1.54) is 25.8 Å². The summed E-state index contributed by atoms with van der Waals surface area (Å²) in [5.41, 5.74) is -1.02. The highest BCUT2D eigenvalue weighted by Gasteiger charge is 2.39. The van der Waals surface area contributed by atoms with E-state index in [-0.39, 0.29) is 57.3 Å². The molecule has 7 rings (SSSR count). The van der Waals surface area contributed by atoms with Crippen molar-refractivity contribution in [1.29, 1.82) is 0 Å². The number of hydrogen-bond acceptors (Lipinski definition) is 6. The molecule has 3 aromatic heterocycles. The summed E-state index contributed by atoms with van der Waals surface area (Å²) in [6.07, 6.45) is -3.16. The highest BCUT2D eigenvalue weighted by molar-refractivity contribution is 7.99. The molecular formula is C30H28F4N7O2S+. The predicted molar refractivity (Wildman–Crippen MR) is 159 cm³/mol. The summed E-state index contributed by atoms with van der Waals surface area (Å²) in [5.74, 6) is -0.213. The summed E-state index contributed by atoms with van der Waals surface area (Å²) in [6, 6.07) is 10.6. The minimum absolute atomic E-state index is 0.00150. The van der Waals surface area contributed by atoms with Gasteiger partial charge in [-0.25, -0.2) is 14.0 Å². The lowest BCUT2D eigenvalue weighted by Gasteiger charge is -2.37. The summed E-state index contributed by atoms with van der Waals surface area (Å²) in [5, 5.41) is 6.68. The number of thioether (sulfide) groups is 1. The van der Waals surface area contributed by atoms with Gasteiger partial charge in [-0.3, -0.25) is 4.57 Å². The number of anilines is 1. The van der Waals surface area contributed by atoms with E-state index in [4.69, 9.17) is 0 Å². The zero-order chi connectivity index (χ0) is 30.9. The van der Waals surface area contributed by atoms with Crippen LogP contribution in [0.1, 0.15) is 25.5 Å². The Kier molecular flexibility index (Phi) is 6.81. The number of aromatic amines is 1. The molecule has 2 aliphatic rings. The maximum absolute atomic E-state index is 14.9. The van der Waals surface area contributed by atoms with Crippen LogP contribution < -0.4 is 26.7 Å². The maximum atomic E-state index is 14.9. The Morgan fingerprint density at radius 1 is 1.02 bits per heavy atom. The lowest BCUT2D eigenvalue weighted by Crippen LogP contribution is -2.55. The van der Waals surface area contributed by atoms with Gasteiger partial charge in [0.25, 0.3) is 0 Å². The lowest BCUT2D eigenvalue weighted by atomic mass is 9.96. The number of alkyl halides is 3. The van der Waals surface area contributed by atoms with Crippen LogP contribution in [0.15, 0.2) is 69.2 Å². The molecule has 1 fully saturated rings. The van der Waals surface area contributed by atoms with E-state index in [1.54, 1.807) is 24.4 Å². The minimum Gasteiger partial charge on any atom is -0.353 e. The molecule has 14 heteroatoms. The molecule has 0 aliphatic carbocycles. The number of halogens is 4. The van der Waals surface area contributed by atoms with Crippen LogP contribution in [0.5, 0.6) is 0 Å². The number of hydrogen-bond donors (Lipinski definition) is 1. The van der Waals surface area contributed by atoms with Crippen molar-refractivity contribution in [3.05, 3.63) is 87.1 Å². The van der Waals surface area contributed by atoms with E-state index in [0.717, 1.165) is 30.0 Å². The van der Waals surface area contributed by atoms with Gasteiger partial charge in [0, 0.05) is 52.8 Å². The molecule has 2 aliphatic heterocycles. The third-order valence-electron chi connectivity index (χ3n) is 8.18. The Bertz CT molecular complexity index is 2030. The topological polar surface area (TPSA) is 90.7 Å². The molecule has 2 N–H and O–H groups in total. The molecule has 0 amide bonds. The predicted octanol–water partition coefficient (Wildman–Crippen LogP) is 3.98. The largest absolute Gasteiger partial charge is 0.451 e. The van der Waals surface area contributed by atoms with Crippen molar-refractivity contribution in [2.24, 2.45) is 0 Å². The van der Waals surface area contributed by atoms with Gasteiger partial charge in [0.05, 0.1) is 17.6 Å². The van der Waals surface area contributed by atoms with Crippen LogP contribution in [0.3, 0.4) is 0 Å². The van der Waals surface area contributed by atoms with Crippen LogP contribution in [0.4, 0.5) is 23.4 Å². The molecule has 2 aromatic carbocycles. The summed E-state index contributed by atoms with van der Waals surface area (Å²) >= 11 is 1.14. The van der Waals surface area contributed by atoms with Gasteiger partial charge < -0.3 is 10.2 Å². The Hall–Kier alpha value is -4.17. The van der Waals surface area contributed by atoms with Crippen molar-refractivity contribution in [2.75, 3.05) is 23.7 Å². The monoisotopic (exact) mass is 626 g/mol. The lowest BCUT2D eigenvalue weighted by molar-refractivity contribution is -0.470. The first-order valence-electron chi connectivity index (χ1n) is 14.2. The zero-order valence-corrected chi connectivity index (χ0v) is 24.5. The first kappa shape index (κ1) is 28.6. The fraction of sp³-hybridized carbons (Fsp3) is 0.333. The number of aromatic nitrogens is 5. The van der Waals surface area contributed by atoms with Gasteiger partial charge in [-0.05, 0) is 43.7 Å². The van der Waals surface area contributed by atoms with Crippen molar-refractivity contribution in [3.8, 4) is 11.1 Å². The average Bonchev–Trinajstić information content (AvgIpc) is 3.17. The highest BCUT2D eigenvalue weighted by Crippen LogP contribution is 2.48. The maximum Gasteiger partial charge on any atom is 0.451 e. The quantitative estimate of drug-likeness (QED) is 0.305. The van der Waals surface area contributed by atoms with Gasteiger partial charge in [-0.1, -0.05) is 18.2 Å². The van der Waals surface area contributed by atoms with Crippen LogP contribution in [0.25, 0.3) is 27.7 Å². The molecule has 1 saturated heterocycles. The van der Waals surface area contributed by atoms with Gasteiger partial charge in [0.2, 0.25) is 0 Å². The van der Waals surface area contributed by atoms with E-state index in [2.05, 4.69) is 15.4 Å². The number of nitrogens with one attached hydrogen (secondary N) is 2. The Morgan fingerprint density at radius 2 is 1.75 bits per heavy atom. The molecule has 0 unspecified atom stereocenters. The standard InChI is InChI=1S/C30H27F4N7O2S/c1-16-12-38(13-17(2)35-16)27-21-11-22(30(32,33)34)24(18-6-8-19(31)9-7-18)26-25(21)40(28(42)36-27)14-20(15-44-26)41-29(43)39-10-4-3-5-23(39)37-41/h3-11,16-17,20,35H,12-15H2,1-2H3/p+1/t16-,17+,20-/m0/s1. The van der Waals surface area contributed by atoms with E-state index in [1.807, 2.05) is 18.7 Å². The molecule has 0 spiro atoms. The fourth-order valence-electron chi connectivity index (χ4n) is 6.41. The van der Waals surface area contributed by atoms with Gasteiger partial charge in [-0.15, -0.1) is 20.8 Å². The average molecular weight is 627 g/mol. The number of H-pyrrole nitrogens is 1. The molecule has 5 heterocycles. The number of rotatable bonds is 3. The molecule has 3 atom stereocenters. The molecular weight excluding hydrogens is 598 g/mol. The van der Waals surface area contributed by atoms with Crippen LogP contribution in [-0.2, 0) is 12.7 Å². The summed E-state index contributed by atoms with van der Waals surface area (Å²) in [6.45, 7) is 4.83. The zero-order valence-electron chi connectivity index (χ0n) is 23.7. The third kappa shape index (κ3) is 4.76. The van der Waals surface area contributed by atoms with Gasteiger partial charge in [0.1, 0.15) is 23.9 Å². The number of nitrogens with zero attached hydrogens (tertiary/aromatic N) is 5. The van der Waals surface area contributed by atoms with E-state index in [9.17, 15) is 27.2 Å². The first-order valence-corrected chi connectivity index (χ1v) is 15.2. The second-order valence-electron chi connectivity index (χ2n) is 11.4. The number of fused-ring (bicyclic) bond motifs is 1. The molecule has 9 nitrogen and oxygen atoms in total. The second-order valence-corrected chi connectivity index (χ2v) is 12.4. The second kappa shape index (κ2) is 10.5. The SMILES string of the molecule is C[C@@H]1CN(c2nc(=O)n3c4c(c(-c5ccc(F)cc5)c(C(F)(F)F)cc24)SC[C@@H](n2[nH+]c4ccccn4c2=O)C3)C[C@H](C)N1. The number of piperazine rings is 1. The molecule has 44 heavy (non-hydrogen) atoms. The first-order chi connectivity index (χ1) is 21.0. The van der Waals surface area contributed by atoms with Crippen LogP contribution >= 0.6 is 11.8 Å². The van der Waals surface area contributed by atoms with E-state index >= 15 is 0 Å². The van der Waals surface area contributed by atoms with Crippen molar-refractivity contribution in [1.82, 2.24) is 24.0 Å². The van der Waals surface area contributed by atoms with Crippen LogP contribution in [-0.4, -0.2) is 49.6 Å². The molecule has 0 bridgehead atoms. The van der Waals surface area contributed by atoms with E-state index in [0.29, 0.717) is 24.3 Å². The van der Waals surface area contributed by atoms with Gasteiger partial charge in [0.15, 0.2) is 0 Å². The Labute approximate surface area is 252 Å². The van der Waals surface area contributed by atoms with Crippen molar-refractivity contribution < 1.29 is 22.7 Å². The minimum atomic E-state index is -4.77. The van der Waals surface area contributed by atoms with Gasteiger partial charge in [-0.2, -0.15) is 23.3 Å².